The van der Waals surface area contributed by atoms with Crippen LogP contribution in [0.15, 0.2) is 47.5 Å². The molecule has 0 radical (unpaired) electrons. The van der Waals surface area contributed by atoms with Crippen molar-refractivity contribution in [3.05, 3.63) is 48.0 Å². The van der Waals surface area contributed by atoms with Crippen LogP contribution in [0.4, 0.5) is 5.69 Å². The molecule has 2 N–H and O–H groups in total. The van der Waals surface area contributed by atoms with E-state index in [4.69, 9.17) is 4.74 Å². The predicted octanol–water partition coefficient (Wildman–Crippen LogP) is 3.25. The lowest BCUT2D eigenvalue weighted by Crippen LogP contribution is -1.92. The molecule has 0 amide bonds. The first-order chi connectivity index (χ1) is 9.19. The monoisotopic (exact) mass is 257 g/mol. The highest BCUT2D eigenvalue weighted by Crippen LogP contribution is 2.23. The van der Waals surface area contributed by atoms with E-state index in [1.165, 1.54) is 0 Å². The van der Waals surface area contributed by atoms with Crippen LogP contribution in [-0.2, 0) is 0 Å². The van der Waals surface area contributed by atoms with Gasteiger partial charge in [0.05, 0.1) is 12.3 Å². The van der Waals surface area contributed by atoms with Crippen molar-refractivity contribution in [1.29, 1.82) is 0 Å². The van der Waals surface area contributed by atoms with Gasteiger partial charge in [-0.1, -0.05) is 0 Å². The minimum atomic E-state index is 0.144. The highest BCUT2D eigenvalue weighted by molar-refractivity contribution is 5.85. The molecule has 0 aliphatic carbocycles. The Morgan fingerprint density at radius 3 is 2.53 bits per heavy atom. The van der Waals surface area contributed by atoms with Gasteiger partial charge >= 0.3 is 0 Å². The Bertz CT molecular complexity index is 576. The van der Waals surface area contributed by atoms with Crippen molar-refractivity contribution < 1.29 is 14.9 Å². The van der Waals surface area contributed by atoms with Gasteiger partial charge in [0.2, 0.25) is 0 Å². The summed E-state index contributed by atoms with van der Waals surface area (Å²) < 4.78 is 5.36. The lowest BCUT2D eigenvalue weighted by atomic mass is 10.2. The van der Waals surface area contributed by atoms with E-state index >= 15 is 0 Å². The van der Waals surface area contributed by atoms with Crippen molar-refractivity contribution in [2.75, 3.05) is 6.61 Å². The second-order valence-corrected chi connectivity index (χ2v) is 3.93. The summed E-state index contributed by atoms with van der Waals surface area (Å²) >= 11 is 0. The van der Waals surface area contributed by atoms with E-state index in [-0.39, 0.29) is 11.5 Å². The van der Waals surface area contributed by atoms with Gasteiger partial charge in [-0.3, -0.25) is 4.99 Å². The van der Waals surface area contributed by atoms with Crippen molar-refractivity contribution in [2.24, 2.45) is 4.99 Å². The van der Waals surface area contributed by atoms with Crippen LogP contribution in [0.5, 0.6) is 17.2 Å². The number of nitrogens with zero attached hydrogens (tertiary/aromatic N) is 1. The number of hydrogen-bond acceptors (Lipinski definition) is 4. The van der Waals surface area contributed by atoms with Gasteiger partial charge in [0.1, 0.15) is 17.2 Å². The lowest BCUT2D eigenvalue weighted by molar-refractivity contribution is 0.339. The first kappa shape index (κ1) is 13.0. The van der Waals surface area contributed by atoms with E-state index in [1.807, 2.05) is 6.92 Å². The molecule has 4 nitrogen and oxygen atoms in total. The predicted molar refractivity (Wildman–Crippen MR) is 74.6 cm³/mol. The van der Waals surface area contributed by atoms with Crippen molar-refractivity contribution in [3.8, 4) is 17.2 Å². The first-order valence-corrected chi connectivity index (χ1v) is 5.98. The van der Waals surface area contributed by atoms with E-state index in [1.54, 1.807) is 48.7 Å². The Labute approximate surface area is 111 Å². The van der Waals surface area contributed by atoms with Crippen molar-refractivity contribution >= 4 is 11.9 Å². The molecule has 0 spiro atoms. The maximum Gasteiger partial charge on any atom is 0.124 e. The number of phenolic OH excluding ortho intramolecular Hbond substituents is 2. The number of phenols is 2. The molecule has 98 valence electrons. The fraction of sp³-hybridized carbons (Fsp3) is 0.133. The molecule has 2 rings (SSSR count). The van der Waals surface area contributed by atoms with E-state index in [9.17, 15) is 10.2 Å². The van der Waals surface area contributed by atoms with E-state index < -0.39 is 0 Å². The van der Waals surface area contributed by atoms with Gasteiger partial charge in [0.25, 0.3) is 0 Å². The molecule has 0 heterocycles. The fourth-order valence-corrected chi connectivity index (χ4v) is 1.58. The molecule has 0 saturated carbocycles. The average molecular weight is 257 g/mol. The number of hydrogen-bond donors (Lipinski definition) is 2. The van der Waals surface area contributed by atoms with Gasteiger partial charge < -0.3 is 14.9 Å². The zero-order valence-corrected chi connectivity index (χ0v) is 10.6. The van der Waals surface area contributed by atoms with E-state index in [0.29, 0.717) is 23.6 Å². The van der Waals surface area contributed by atoms with Gasteiger partial charge in [-0.15, -0.1) is 0 Å². The minimum absolute atomic E-state index is 0.144. The van der Waals surface area contributed by atoms with Gasteiger partial charge in [-0.05, 0) is 49.4 Å². The maximum absolute atomic E-state index is 9.74. The number of benzene rings is 2. The molecular formula is C15H15NO3. The smallest absolute Gasteiger partial charge is 0.124 e. The summed E-state index contributed by atoms with van der Waals surface area (Å²) in [6, 6.07) is 11.5. The van der Waals surface area contributed by atoms with Crippen molar-refractivity contribution in [2.45, 2.75) is 6.92 Å². The zero-order chi connectivity index (χ0) is 13.7. The third-order valence-corrected chi connectivity index (χ3v) is 2.51. The molecule has 0 aliphatic rings. The number of ether oxygens (including phenoxy) is 1. The highest BCUT2D eigenvalue weighted by Gasteiger charge is 2.01. The molecule has 0 fully saturated rings. The third-order valence-electron chi connectivity index (χ3n) is 2.51. The molecule has 0 aromatic heterocycles. The van der Waals surface area contributed by atoms with Gasteiger partial charge in [-0.25, -0.2) is 0 Å². The molecule has 2 aromatic carbocycles. The number of aromatic hydroxyl groups is 2. The quantitative estimate of drug-likeness (QED) is 0.826. The second kappa shape index (κ2) is 5.91. The normalized spacial score (nSPS) is 10.8. The Hall–Kier alpha value is -2.49. The molecule has 19 heavy (non-hydrogen) atoms. The fourth-order valence-electron chi connectivity index (χ4n) is 1.58. The van der Waals surface area contributed by atoms with Crippen molar-refractivity contribution in [1.82, 2.24) is 0 Å². The summed E-state index contributed by atoms with van der Waals surface area (Å²) in [7, 11) is 0. The van der Waals surface area contributed by atoms with Crippen LogP contribution >= 0.6 is 0 Å². The van der Waals surface area contributed by atoms with Crippen molar-refractivity contribution in [3.63, 3.8) is 0 Å². The molecule has 2 aromatic rings. The molecule has 0 bridgehead atoms. The minimum Gasteiger partial charge on any atom is -0.508 e. The molecule has 0 saturated heterocycles. The van der Waals surface area contributed by atoms with Crippen LogP contribution in [0.2, 0.25) is 0 Å². The molecule has 4 heteroatoms. The Kier molecular flexibility index (Phi) is 4.03. The van der Waals surface area contributed by atoms with Gasteiger partial charge in [0, 0.05) is 11.8 Å². The van der Waals surface area contributed by atoms with E-state index in [0.717, 1.165) is 0 Å². The van der Waals surface area contributed by atoms with Crippen LogP contribution < -0.4 is 4.74 Å². The Morgan fingerprint density at radius 2 is 1.84 bits per heavy atom. The SMILES string of the molecule is CCOc1ccc(O)c(C=Nc2ccc(O)cc2)c1. The summed E-state index contributed by atoms with van der Waals surface area (Å²) in [5.74, 6) is 1.03. The number of rotatable bonds is 4. The molecular weight excluding hydrogens is 242 g/mol. The first-order valence-electron chi connectivity index (χ1n) is 5.98. The molecule has 0 atom stereocenters. The maximum atomic E-state index is 9.74. The summed E-state index contributed by atoms with van der Waals surface area (Å²) in [6.07, 6.45) is 1.56. The van der Waals surface area contributed by atoms with E-state index in [2.05, 4.69) is 4.99 Å². The molecule has 0 unspecified atom stereocenters. The van der Waals surface area contributed by atoms with Gasteiger partial charge in [-0.2, -0.15) is 0 Å². The largest absolute Gasteiger partial charge is 0.508 e. The standard InChI is InChI=1S/C15H15NO3/c1-2-19-14-7-8-15(18)11(9-14)10-16-12-3-5-13(17)6-4-12/h3-10,17-18H,2H2,1H3. The number of aliphatic imine (C=N–C) groups is 1. The van der Waals surface area contributed by atoms with Crippen LogP contribution in [0.3, 0.4) is 0 Å². The summed E-state index contributed by atoms with van der Waals surface area (Å²) in [6.45, 7) is 2.47. The summed E-state index contributed by atoms with van der Waals surface area (Å²) in [4.78, 5) is 4.23. The average Bonchev–Trinajstić information content (AvgIpc) is 2.41. The van der Waals surface area contributed by atoms with Crippen LogP contribution in [0, 0.1) is 0 Å². The summed E-state index contributed by atoms with van der Waals surface area (Å²) in [5, 5.41) is 18.9. The highest BCUT2D eigenvalue weighted by atomic mass is 16.5. The van der Waals surface area contributed by atoms with Crippen LogP contribution in [0.1, 0.15) is 12.5 Å². The summed E-state index contributed by atoms with van der Waals surface area (Å²) in [5.41, 5.74) is 1.28. The van der Waals surface area contributed by atoms with Gasteiger partial charge in [0.15, 0.2) is 0 Å². The lowest BCUT2D eigenvalue weighted by Gasteiger charge is -2.05. The zero-order valence-electron chi connectivity index (χ0n) is 10.6. The third kappa shape index (κ3) is 3.48. The van der Waals surface area contributed by atoms with Crippen LogP contribution in [-0.4, -0.2) is 23.0 Å². The topological polar surface area (TPSA) is 62.0 Å². The second-order valence-electron chi connectivity index (χ2n) is 3.93. The Morgan fingerprint density at radius 1 is 1.11 bits per heavy atom. The molecule has 0 aliphatic heterocycles. The van der Waals surface area contributed by atoms with Crippen LogP contribution in [0.25, 0.3) is 0 Å². The Balaban J connectivity index is 2.22.